The molecule has 2 aromatic carbocycles. The zero-order chi connectivity index (χ0) is 18.2. The third-order valence-electron chi connectivity index (χ3n) is 3.82. The van der Waals surface area contributed by atoms with Crippen LogP contribution in [0.3, 0.4) is 0 Å². The van der Waals surface area contributed by atoms with Crippen molar-refractivity contribution in [2.75, 3.05) is 17.9 Å². The first-order chi connectivity index (χ1) is 12.2. The van der Waals surface area contributed by atoms with E-state index in [1.54, 1.807) is 6.92 Å². The van der Waals surface area contributed by atoms with Crippen molar-refractivity contribution in [1.29, 1.82) is 0 Å². The number of para-hydroxylation sites is 1. The highest BCUT2D eigenvalue weighted by atomic mass is 16.2. The number of hydrogen-bond acceptors (Lipinski definition) is 5. The molecule has 3 rings (SSSR count). The van der Waals surface area contributed by atoms with E-state index >= 15 is 0 Å². The molecule has 3 N–H and O–H groups in total. The number of carbonyl (C=O) groups is 1. The third-order valence-corrected chi connectivity index (χ3v) is 3.82. The van der Waals surface area contributed by atoms with Gasteiger partial charge in [0.25, 0.3) is 0 Å². The highest BCUT2D eigenvalue weighted by molar-refractivity contribution is 6.27. The topological polar surface area (TPSA) is 78.9 Å². The van der Waals surface area contributed by atoms with Crippen LogP contribution in [0.15, 0.2) is 59.7 Å². The lowest BCUT2D eigenvalue weighted by molar-refractivity contribution is -0.102. The molecule has 0 radical (unpaired) electrons. The van der Waals surface area contributed by atoms with Crippen molar-refractivity contribution in [3.63, 3.8) is 0 Å². The van der Waals surface area contributed by atoms with Crippen LogP contribution in [0.25, 0.3) is 5.70 Å². The van der Waals surface area contributed by atoms with E-state index in [-0.39, 0.29) is 0 Å². The monoisotopic (exact) mass is 337 g/mol. The Kier molecular flexibility index (Phi) is 6.48. The Hall–Kier alpha value is -2.92. The van der Waals surface area contributed by atoms with Gasteiger partial charge in [-0.05, 0) is 49.6 Å². The maximum Gasteiger partial charge on any atom is 0.165 e. The molecule has 0 spiro atoms. The highest BCUT2D eigenvalue weighted by Crippen LogP contribution is 2.34. The number of carbonyl (C=O) groups excluding carboxylic acids is 1. The predicted octanol–water partition coefficient (Wildman–Crippen LogP) is 3.25. The molecule has 0 fully saturated rings. The van der Waals surface area contributed by atoms with Crippen molar-refractivity contribution in [3.8, 4) is 0 Å². The Morgan fingerprint density at radius 3 is 2.60 bits per heavy atom. The number of aryl methyl sites for hydroxylation is 1. The van der Waals surface area contributed by atoms with Crippen LogP contribution in [-0.2, 0) is 11.2 Å². The number of fused-ring (bicyclic) bond motifs is 1. The van der Waals surface area contributed by atoms with Gasteiger partial charge in [0.15, 0.2) is 6.29 Å². The second-order valence-corrected chi connectivity index (χ2v) is 5.55. The maximum atomic E-state index is 11.1. The van der Waals surface area contributed by atoms with E-state index in [0.29, 0.717) is 5.71 Å². The molecular weight excluding hydrogens is 314 g/mol. The largest absolute Gasteiger partial charge is 0.400 e. The standard InChI is InChI=1S/C19H19N3O.CH4O/c1-14(13-23)21-22(17-7-3-2-4-8-17)19-9-5-6-15-10-11-16(20)12-18(15)19;1-2/h2-4,7-13H,5-6,20H2,1H3;2H,1H3/b21-14+;. The summed E-state index contributed by atoms with van der Waals surface area (Å²) in [6.45, 7) is 1.70. The third kappa shape index (κ3) is 4.33. The quantitative estimate of drug-likeness (QED) is 0.388. The summed E-state index contributed by atoms with van der Waals surface area (Å²) in [7, 11) is 1.00. The van der Waals surface area contributed by atoms with Crippen LogP contribution in [0.5, 0.6) is 0 Å². The summed E-state index contributed by atoms with van der Waals surface area (Å²) in [5.41, 5.74) is 11.3. The van der Waals surface area contributed by atoms with Crippen LogP contribution in [0.4, 0.5) is 11.4 Å². The zero-order valence-corrected chi connectivity index (χ0v) is 14.5. The van der Waals surface area contributed by atoms with E-state index < -0.39 is 0 Å². The molecule has 5 heteroatoms. The summed E-state index contributed by atoms with van der Waals surface area (Å²) in [5.74, 6) is 0. The van der Waals surface area contributed by atoms with Crippen molar-refractivity contribution in [3.05, 3.63) is 65.7 Å². The van der Waals surface area contributed by atoms with E-state index in [4.69, 9.17) is 10.8 Å². The van der Waals surface area contributed by atoms with E-state index in [1.165, 1.54) is 5.56 Å². The first-order valence-corrected chi connectivity index (χ1v) is 8.08. The van der Waals surface area contributed by atoms with Crippen molar-refractivity contribution >= 4 is 29.1 Å². The van der Waals surface area contributed by atoms with Crippen LogP contribution in [0.2, 0.25) is 0 Å². The van der Waals surface area contributed by atoms with Gasteiger partial charge >= 0.3 is 0 Å². The Bertz CT molecular complexity index is 783. The number of hydrogen-bond donors (Lipinski definition) is 2. The van der Waals surface area contributed by atoms with Crippen molar-refractivity contribution in [2.24, 2.45) is 5.10 Å². The molecule has 130 valence electrons. The molecule has 0 saturated carbocycles. The maximum absolute atomic E-state index is 11.1. The van der Waals surface area contributed by atoms with Crippen LogP contribution in [0.1, 0.15) is 24.5 Å². The van der Waals surface area contributed by atoms with Crippen molar-refractivity contribution in [1.82, 2.24) is 0 Å². The van der Waals surface area contributed by atoms with E-state index in [2.05, 4.69) is 17.2 Å². The second kappa shape index (κ2) is 8.80. The molecule has 1 aliphatic rings. The number of nitrogens with two attached hydrogens (primary N) is 1. The van der Waals surface area contributed by atoms with Crippen LogP contribution in [0, 0.1) is 0 Å². The van der Waals surface area contributed by atoms with Gasteiger partial charge in [-0.25, -0.2) is 5.01 Å². The number of aldehydes is 1. The smallest absolute Gasteiger partial charge is 0.165 e. The Morgan fingerprint density at radius 2 is 1.92 bits per heavy atom. The van der Waals surface area contributed by atoms with Gasteiger partial charge < -0.3 is 10.8 Å². The number of benzene rings is 2. The fraction of sp³-hybridized carbons (Fsp3) is 0.200. The van der Waals surface area contributed by atoms with Gasteiger partial charge in [0.1, 0.15) is 0 Å². The van der Waals surface area contributed by atoms with Gasteiger partial charge in [0.2, 0.25) is 0 Å². The molecule has 0 amide bonds. The Morgan fingerprint density at radius 1 is 1.20 bits per heavy atom. The molecule has 0 bridgehead atoms. The van der Waals surface area contributed by atoms with E-state index in [9.17, 15) is 4.79 Å². The minimum absolute atomic E-state index is 0.422. The number of aliphatic hydroxyl groups is 1. The predicted molar refractivity (Wildman–Crippen MR) is 103 cm³/mol. The summed E-state index contributed by atoms with van der Waals surface area (Å²) >= 11 is 0. The van der Waals surface area contributed by atoms with Crippen LogP contribution in [-0.4, -0.2) is 24.2 Å². The van der Waals surface area contributed by atoms with Gasteiger partial charge in [0.05, 0.1) is 17.1 Å². The van der Waals surface area contributed by atoms with Gasteiger partial charge in [-0.2, -0.15) is 5.10 Å². The van der Waals surface area contributed by atoms with Gasteiger partial charge in [-0.15, -0.1) is 0 Å². The summed E-state index contributed by atoms with van der Waals surface area (Å²) in [6, 6.07) is 15.8. The molecule has 0 aromatic heterocycles. The van der Waals surface area contributed by atoms with E-state index in [0.717, 1.165) is 48.9 Å². The number of hydrazone groups is 1. The molecule has 25 heavy (non-hydrogen) atoms. The lowest BCUT2D eigenvalue weighted by Gasteiger charge is -2.27. The molecule has 0 aliphatic heterocycles. The first-order valence-electron chi connectivity index (χ1n) is 8.08. The first kappa shape index (κ1) is 18.4. The van der Waals surface area contributed by atoms with Crippen molar-refractivity contribution in [2.45, 2.75) is 19.8 Å². The highest BCUT2D eigenvalue weighted by Gasteiger charge is 2.20. The minimum atomic E-state index is 0.422. The van der Waals surface area contributed by atoms with Gasteiger partial charge in [0, 0.05) is 18.4 Å². The summed E-state index contributed by atoms with van der Waals surface area (Å²) in [6.07, 6.45) is 4.83. The summed E-state index contributed by atoms with van der Waals surface area (Å²) in [5, 5.41) is 13.3. The SMILES string of the molecule is C/C(C=O)=N\N(C1=CCCc2ccc(N)cc21)c1ccccc1.CO. The normalized spacial score (nSPS) is 13.1. The number of nitrogen functional groups attached to an aromatic ring is 1. The number of anilines is 2. The molecule has 5 nitrogen and oxygen atoms in total. The van der Waals surface area contributed by atoms with Crippen molar-refractivity contribution < 1.29 is 9.90 Å². The number of aliphatic hydroxyl groups excluding tert-OH is 1. The van der Waals surface area contributed by atoms with Gasteiger partial charge in [-0.3, -0.25) is 4.79 Å². The summed E-state index contributed by atoms with van der Waals surface area (Å²) < 4.78 is 0. The molecule has 1 aliphatic carbocycles. The number of rotatable bonds is 4. The lowest BCUT2D eigenvalue weighted by Crippen LogP contribution is -2.20. The molecular formula is C20H23N3O2. The van der Waals surface area contributed by atoms with Gasteiger partial charge in [-0.1, -0.05) is 30.3 Å². The van der Waals surface area contributed by atoms with E-state index in [1.807, 2.05) is 47.5 Å². The zero-order valence-electron chi connectivity index (χ0n) is 14.5. The number of nitrogens with zero attached hydrogens (tertiary/aromatic N) is 2. The fourth-order valence-electron chi connectivity index (χ4n) is 2.73. The number of allylic oxidation sites excluding steroid dienone is 1. The van der Waals surface area contributed by atoms with Crippen LogP contribution >= 0.6 is 0 Å². The molecule has 0 atom stereocenters. The minimum Gasteiger partial charge on any atom is -0.400 e. The Balaban J connectivity index is 0.00000109. The lowest BCUT2D eigenvalue weighted by atomic mass is 9.93. The molecule has 0 heterocycles. The Labute approximate surface area is 148 Å². The average molecular weight is 337 g/mol. The second-order valence-electron chi connectivity index (χ2n) is 5.55. The molecule has 0 saturated heterocycles. The molecule has 0 unspecified atom stereocenters. The summed E-state index contributed by atoms with van der Waals surface area (Å²) in [4.78, 5) is 11.1. The molecule has 2 aromatic rings. The average Bonchev–Trinajstić information content (AvgIpc) is 2.68. The van der Waals surface area contributed by atoms with Crippen LogP contribution < -0.4 is 10.7 Å². The fourth-order valence-corrected chi connectivity index (χ4v) is 2.73.